The fraction of sp³-hybridized carbons (Fsp3) is 0.250. The van der Waals surface area contributed by atoms with Crippen LogP contribution in [0, 0.1) is 20.8 Å². The van der Waals surface area contributed by atoms with E-state index in [1.54, 1.807) is 0 Å². The molecular formula is C16H16N2O2. The summed E-state index contributed by atoms with van der Waals surface area (Å²) in [5.74, 6) is 0. The van der Waals surface area contributed by atoms with Gasteiger partial charge in [-0.05, 0) is 31.9 Å². The number of H-pyrrole nitrogens is 1. The number of nitrogens with zero attached hydrogens (tertiary/aromatic N) is 1. The van der Waals surface area contributed by atoms with Gasteiger partial charge < -0.3 is 4.42 Å². The summed E-state index contributed by atoms with van der Waals surface area (Å²) >= 11 is 0. The van der Waals surface area contributed by atoms with E-state index in [1.807, 2.05) is 45.0 Å². The zero-order chi connectivity index (χ0) is 14.3. The van der Waals surface area contributed by atoms with Gasteiger partial charge in [-0.15, -0.1) is 5.10 Å². The number of hydrogen-bond acceptors (Lipinski definition) is 3. The summed E-state index contributed by atoms with van der Waals surface area (Å²) in [7, 11) is 0. The molecule has 0 aliphatic carbocycles. The molecule has 20 heavy (non-hydrogen) atoms. The topological polar surface area (TPSA) is 58.9 Å². The number of aryl methyl sites for hydroxylation is 3. The molecule has 0 fully saturated rings. The monoisotopic (exact) mass is 268 g/mol. The molecule has 0 atom stereocenters. The van der Waals surface area contributed by atoms with Gasteiger partial charge in [-0.2, -0.15) is 0 Å². The molecule has 2 aromatic heterocycles. The van der Waals surface area contributed by atoms with Gasteiger partial charge >= 0.3 is 5.63 Å². The van der Waals surface area contributed by atoms with Crippen LogP contribution in [0.4, 0.5) is 0 Å². The highest BCUT2D eigenvalue weighted by Gasteiger charge is 2.15. The van der Waals surface area contributed by atoms with Crippen molar-refractivity contribution in [2.75, 3.05) is 0 Å². The number of fused-ring (bicyclic) bond motifs is 1. The zero-order valence-corrected chi connectivity index (χ0v) is 11.8. The summed E-state index contributed by atoms with van der Waals surface area (Å²) in [6.45, 7) is 5.92. The van der Waals surface area contributed by atoms with E-state index in [1.165, 1.54) is 5.56 Å². The van der Waals surface area contributed by atoms with Crippen LogP contribution >= 0.6 is 0 Å². The molecule has 1 aromatic carbocycles. The molecule has 0 unspecified atom stereocenters. The van der Waals surface area contributed by atoms with Crippen molar-refractivity contribution in [2.24, 2.45) is 0 Å². The highest BCUT2D eigenvalue weighted by Crippen LogP contribution is 2.22. The summed E-state index contributed by atoms with van der Waals surface area (Å²) in [4.78, 5) is 12.1. The summed E-state index contributed by atoms with van der Waals surface area (Å²) in [6.07, 6.45) is 0.578. The van der Waals surface area contributed by atoms with Gasteiger partial charge in [0, 0.05) is 17.7 Å². The normalized spacial score (nSPS) is 11.2. The lowest BCUT2D eigenvalue weighted by atomic mass is 10.00. The second kappa shape index (κ2) is 4.63. The summed E-state index contributed by atoms with van der Waals surface area (Å²) in [5, 5.41) is 7.78. The van der Waals surface area contributed by atoms with Crippen molar-refractivity contribution in [3.05, 3.63) is 62.6 Å². The number of rotatable bonds is 2. The largest absolute Gasteiger partial charge is 0.402 e. The molecular weight excluding hydrogens is 252 g/mol. The smallest absolute Gasteiger partial charge is 0.341 e. The predicted molar refractivity (Wildman–Crippen MR) is 78.1 cm³/mol. The van der Waals surface area contributed by atoms with Gasteiger partial charge in [0.2, 0.25) is 5.71 Å². The molecule has 3 aromatic rings. The maximum Gasteiger partial charge on any atom is 0.341 e. The van der Waals surface area contributed by atoms with E-state index in [9.17, 15) is 4.79 Å². The third kappa shape index (κ3) is 2.03. The predicted octanol–water partition coefficient (Wildman–Crippen LogP) is 3.03. The highest BCUT2D eigenvalue weighted by atomic mass is 16.4. The first-order chi connectivity index (χ1) is 9.56. The van der Waals surface area contributed by atoms with E-state index in [0.29, 0.717) is 17.7 Å². The van der Waals surface area contributed by atoms with E-state index in [0.717, 1.165) is 22.2 Å². The number of aromatic nitrogens is 2. The van der Waals surface area contributed by atoms with Crippen LogP contribution in [0.25, 0.3) is 11.1 Å². The number of nitrogens with one attached hydrogen (secondary N) is 1. The maximum atomic E-state index is 12.1. The number of hydrogen-bond donors (Lipinski definition) is 1. The molecule has 0 amide bonds. The third-order valence-corrected chi connectivity index (χ3v) is 3.68. The maximum absolute atomic E-state index is 12.1. The third-order valence-electron chi connectivity index (χ3n) is 3.68. The summed E-state index contributed by atoms with van der Waals surface area (Å²) in [6, 6.07) is 8.18. The first-order valence-electron chi connectivity index (χ1n) is 6.59. The molecule has 2 heterocycles. The van der Waals surface area contributed by atoms with Crippen molar-refractivity contribution in [1.82, 2.24) is 10.2 Å². The second-order valence-corrected chi connectivity index (χ2v) is 5.18. The van der Waals surface area contributed by atoms with Crippen LogP contribution in [-0.4, -0.2) is 10.2 Å². The Balaban J connectivity index is 2.13. The van der Waals surface area contributed by atoms with Crippen LogP contribution in [0.2, 0.25) is 0 Å². The average molecular weight is 268 g/mol. The minimum absolute atomic E-state index is 0.304. The van der Waals surface area contributed by atoms with Crippen molar-refractivity contribution in [2.45, 2.75) is 27.2 Å². The SMILES string of the molecule is Cc1ccc(Cc2c(C)c3c(C)[nH]nc3oc2=O)cc1. The van der Waals surface area contributed by atoms with Gasteiger partial charge in [0.1, 0.15) is 0 Å². The first-order valence-corrected chi connectivity index (χ1v) is 6.59. The van der Waals surface area contributed by atoms with Crippen LogP contribution in [0.15, 0.2) is 33.5 Å². The van der Waals surface area contributed by atoms with Crippen LogP contribution in [-0.2, 0) is 6.42 Å². The van der Waals surface area contributed by atoms with E-state index in [-0.39, 0.29) is 5.63 Å². The van der Waals surface area contributed by atoms with Gasteiger partial charge in [-0.3, -0.25) is 5.10 Å². The Kier molecular flexibility index (Phi) is 2.93. The van der Waals surface area contributed by atoms with E-state index < -0.39 is 0 Å². The Morgan fingerprint density at radius 3 is 2.55 bits per heavy atom. The van der Waals surface area contributed by atoms with Gasteiger partial charge in [-0.1, -0.05) is 29.8 Å². The summed E-state index contributed by atoms with van der Waals surface area (Å²) in [5.41, 5.74) is 4.96. The Hall–Kier alpha value is -2.36. The van der Waals surface area contributed by atoms with Gasteiger partial charge in [0.25, 0.3) is 0 Å². The van der Waals surface area contributed by atoms with E-state index in [2.05, 4.69) is 10.2 Å². The number of aromatic amines is 1. The fourth-order valence-corrected chi connectivity index (χ4v) is 2.49. The lowest BCUT2D eigenvalue weighted by molar-refractivity contribution is 0.538. The summed E-state index contributed by atoms with van der Waals surface area (Å²) < 4.78 is 5.29. The second-order valence-electron chi connectivity index (χ2n) is 5.18. The quantitative estimate of drug-likeness (QED) is 0.777. The average Bonchev–Trinajstić information content (AvgIpc) is 2.78. The van der Waals surface area contributed by atoms with Gasteiger partial charge in [0.05, 0.1) is 5.39 Å². The van der Waals surface area contributed by atoms with Crippen LogP contribution in [0.3, 0.4) is 0 Å². The molecule has 0 radical (unpaired) electrons. The number of benzene rings is 1. The van der Waals surface area contributed by atoms with E-state index >= 15 is 0 Å². The molecule has 0 saturated carbocycles. The van der Waals surface area contributed by atoms with E-state index in [4.69, 9.17) is 4.42 Å². The van der Waals surface area contributed by atoms with Crippen LogP contribution < -0.4 is 5.63 Å². The van der Waals surface area contributed by atoms with Crippen molar-refractivity contribution in [3.63, 3.8) is 0 Å². The molecule has 0 bridgehead atoms. The molecule has 3 rings (SSSR count). The van der Waals surface area contributed by atoms with Crippen molar-refractivity contribution >= 4 is 11.1 Å². The minimum atomic E-state index is -0.304. The zero-order valence-electron chi connectivity index (χ0n) is 11.8. The molecule has 102 valence electrons. The first kappa shape index (κ1) is 12.7. The molecule has 0 aliphatic heterocycles. The Morgan fingerprint density at radius 1 is 1.15 bits per heavy atom. The van der Waals surface area contributed by atoms with Crippen LogP contribution in [0.5, 0.6) is 0 Å². The Bertz CT molecular complexity index is 826. The lowest BCUT2D eigenvalue weighted by Crippen LogP contribution is -2.10. The molecule has 0 spiro atoms. The molecule has 0 saturated heterocycles. The van der Waals surface area contributed by atoms with Gasteiger partial charge in [-0.25, -0.2) is 4.79 Å². The van der Waals surface area contributed by atoms with Crippen molar-refractivity contribution in [1.29, 1.82) is 0 Å². The van der Waals surface area contributed by atoms with Crippen molar-refractivity contribution in [3.8, 4) is 0 Å². The van der Waals surface area contributed by atoms with Crippen molar-refractivity contribution < 1.29 is 4.42 Å². The molecule has 1 N–H and O–H groups in total. The Morgan fingerprint density at radius 2 is 1.85 bits per heavy atom. The standard InChI is InChI=1S/C16H16N2O2/c1-9-4-6-12(7-5-9)8-13-10(2)14-11(3)17-18-15(14)20-16(13)19/h4-7H,8H2,1-3H3,(H,17,18). The molecule has 4 heteroatoms. The fourth-order valence-electron chi connectivity index (χ4n) is 2.49. The Labute approximate surface area is 116 Å². The lowest BCUT2D eigenvalue weighted by Gasteiger charge is -2.06. The van der Waals surface area contributed by atoms with Crippen LogP contribution in [0.1, 0.15) is 27.9 Å². The highest BCUT2D eigenvalue weighted by molar-refractivity contribution is 5.80. The molecule has 0 aliphatic rings. The minimum Gasteiger partial charge on any atom is -0.402 e. The molecule has 4 nitrogen and oxygen atoms in total. The van der Waals surface area contributed by atoms with Gasteiger partial charge in [0.15, 0.2) is 0 Å².